The highest BCUT2D eigenvalue weighted by Gasteiger charge is 2.24. The molecule has 1 aromatic carbocycles. The van der Waals surface area contributed by atoms with E-state index >= 15 is 0 Å². The molecule has 0 aliphatic heterocycles. The monoisotopic (exact) mass is 262 g/mol. The van der Waals surface area contributed by atoms with Crippen molar-refractivity contribution in [3.8, 4) is 0 Å². The minimum absolute atomic E-state index is 0.140. The van der Waals surface area contributed by atoms with Gasteiger partial charge in [-0.05, 0) is 18.6 Å². The number of anilines is 1. The number of nitrogens with zero attached hydrogens (tertiary/aromatic N) is 2. The van der Waals surface area contributed by atoms with Crippen molar-refractivity contribution in [1.29, 1.82) is 0 Å². The quantitative estimate of drug-likeness (QED) is 0.609. The summed E-state index contributed by atoms with van der Waals surface area (Å²) in [5, 5.41) is 10.7. The van der Waals surface area contributed by atoms with Crippen molar-refractivity contribution < 1.29 is 17.7 Å². The first-order valence-corrected chi connectivity index (χ1v) is 6.38. The van der Waals surface area contributed by atoms with Crippen molar-refractivity contribution in [2.45, 2.75) is 6.92 Å². The van der Waals surface area contributed by atoms with Gasteiger partial charge in [-0.25, -0.2) is 12.8 Å². The van der Waals surface area contributed by atoms with E-state index in [1.165, 1.54) is 14.0 Å². The number of halogens is 1. The van der Waals surface area contributed by atoms with Crippen molar-refractivity contribution in [2.24, 2.45) is 0 Å². The van der Waals surface area contributed by atoms with Crippen LogP contribution in [0.4, 0.5) is 15.8 Å². The van der Waals surface area contributed by atoms with Gasteiger partial charge in [0.25, 0.3) is 5.69 Å². The van der Waals surface area contributed by atoms with Gasteiger partial charge in [-0.2, -0.15) is 0 Å². The van der Waals surface area contributed by atoms with Crippen molar-refractivity contribution in [3.05, 3.63) is 33.6 Å². The molecule has 0 radical (unpaired) electrons. The van der Waals surface area contributed by atoms with Crippen LogP contribution in [0.15, 0.2) is 12.1 Å². The fourth-order valence-corrected chi connectivity index (χ4v) is 1.74. The molecule has 0 unspecified atom stereocenters. The van der Waals surface area contributed by atoms with Crippen LogP contribution in [0.3, 0.4) is 0 Å². The van der Waals surface area contributed by atoms with Gasteiger partial charge in [-0.1, -0.05) is 0 Å². The molecule has 1 aromatic rings. The second-order valence-corrected chi connectivity index (χ2v) is 5.59. The van der Waals surface area contributed by atoms with E-state index in [0.29, 0.717) is 6.07 Å². The van der Waals surface area contributed by atoms with Crippen molar-refractivity contribution >= 4 is 21.4 Å². The number of nitro groups is 1. The Morgan fingerprint density at radius 2 is 1.94 bits per heavy atom. The molecule has 6 nitrogen and oxygen atoms in total. The van der Waals surface area contributed by atoms with Gasteiger partial charge in [0, 0.05) is 7.05 Å². The van der Waals surface area contributed by atoms with Gasteiger partial charge in [0.05, 0.1) is 17.2 Å². The second kappa shape index (κ2) is 4.28. The zero-order chi connectivity index (χ0) is 13.4. The summed E-state index contributed by atoms with van der Waals surface area (Å²) >= 11 is 0. The number of benzene rings is 1. The van der Waals surface area contributed by atoms with Gasteiger partial charge in [0.1, 0.15) is 11.5 Å². The first-order chi connectivity index (χ1) is 7.64. The first-order valence-electron chi connectivity index (χ1n) is 4.53. The molecule has 0 fully saturated rings. The van der Waals surface area contributed by atoms with Crippen LogP contribution in [0.5, 0.6) is 0 Å². The molecule has 0 saturated heterocycles. The van der Waals surface area contributed by atoms with Gasteiger partial charge in [0.15, 0.2) is 0 Å². The predicted octanol–water partition coefficient (Wildman–Crippen LogP) is 1.44. The van der Waals surface area contributed by atoms with E-state index in [-0.39, 0.29) is 11.3 Å². The molecule has 0 saturated carbocycles. The van der Waals surface area contributed by atoms with E-state index in [0.717, 1.165) is 16.6 Å². The Morgan fingerprint density at radius 1 is 1.41 bits per heavy atom. The number of rotatable bonds is 3. The molecule has 0 bridgehead atoms. The van der Waals surface area contributed by atoms with Gasteiger partial charge in [0.2, 0.25) is 10.0 Å². The van der Waals surface area contributed by atoms with E-state index < -0.39 is 26.5 Å². The van der Waals surface area contributed by atoms with E-state index in [9.17, 15) is 22.9 Å². The molecule has 0 aromatic heterocycles. The Kier molecular flexibility index (Phi) is 3.37. The van der Waals surface area contributed by atoms with Crippen LogP contribution < -0.4 is 4.31 Å². The molecule has 1 rings (SSSR count). The summed E-state index contributed by atoms with van der Waals surface area (Å²) in [4.78, 5) is 9.91. The standard InChI is InChI=1S/C9H11FN2O4S/c1-6-4-8(11(2)17(3,15)16)9(12(13)14)5-7(6)10/h4-5H,1-3H3. The third-order valence-corrected chi connectivity index (χ3v) is 3.48. The third-order valence-electron chi connectivity index (χ3n) is 2.29. The van der Waals surface area contributed by atoms with Crippen molar-refractivity contribution in [2.75, 3.05) is 17.6 Å². The summed E-state index contributed by atoms with van der Waals surface area (Å²) in [7, 11) is -2.46. The molecule has 0 aliphatic carbocycles. The summed E-state index contributed by atoms with van der Waals surface area (Å²) in [6.45, 7) is 1.40. The van der Waals surface area contributed by atoms with Gasteiger partial charge >= 0.3 is 0 Å². The van der Waals surface area contributed by atoms with Crippen LogP contribution >= 0.6 is 0 Å². The highest BCUT2D eigenvalue weighted by Crippen LogP contribution is 2.31. The molecular formula is C9H11FN2O4S. The Hall–Kier alpha value is -1.70. The summed E-state index contributed by atoms with van der Waals surface area (Å²) in [5.74, 6) is -0.748. The summed E-state index contributed by atoms with van der Waals surface area (Å²) in [6, 6.07) is 1.85. The number of nitro benzene ring substituents is 1. The summed E-state index contributed by atoms with van der Waals surface area (Å²) < 4.78 is 36.6. The predicted molar refractivity (Wildman–Crippen MR) is 61.0 cm³/mol. The van der Waals surface area contributed by atoms with Crippen LogP contribution in [0, 0.1) is 22.9 Å². The zero-order valence-electron chi connectivity index (χ0n) is 9.47. The number of aryl methyl sites for hydroxylation is 1. The lowest BCUT2D eigenvalue weighted by Crippen LogP contribution is -2.25. The van der Waals surface area contributed by atoms with Crippen LogP contribution in [-0.2, 0) is 10.0 Å². The third kappa shape index (κ3) is 2.70. The number of hydrogen-bond acceptors (Lipinski definition) is 4. The maximum absolute atomic E-state index is 13.2. The molecule has 0 spiro atoms. The molecule has 17 heavy (non-hydrogen) atoms. The van der Waals surface area contributed by atoms with Crippen LogP contribution in [-0.4, -0.2) is 26.6 Å². The largest absolute Gasteiger partial charge is 0.296 e. The Balaban J connectivity index is 3.52. The smallest absolute Gasteiger partial charge is 0.267 e. The zero-order valence-corrected chi connectivity index (χ0v) is 10.3. The molecule has 0 N–H and O–H groups in total. The SMILES string of the molecule is Cc1cc(N(C)S(C)(=O)=O)c([N+](=O)[O-])cc1F. The first kappa shape index (κ1) is 13.4. The van der Waals surface area contributed by atoms with Gasteiger partial charge in [-0.3, -0.25) is 14.4 Å². The fourth-order valence-electron chi connectivity index (χ4n) is 1.23. The Labute approximate surface area is 97.9 Å². The average Bonchev–Trinajstić information content (AvgIpc) is 2.18. The molecule has 0 amide bonds. The van der Waals surface area contributed by atoms with Crippen molar-refractivity contribution in [3.63, 3.8) is 0 Å². The molecule has 0 atom stereocenters. The van der Waals surface area contributed by atoms with E-state index in [1.54, 1.807) is 0 Å². The maximum atomic E-state index is 13.2. The van der Waals surface area contributed by atoms with E-state index in [2.05, 4.69) is 0 Å². The molecule has 0 heterocycles. The minimum atomic E-state index is -3.64. The summed E-state index contributed by atoms with van der Waals surface area (Å²) in [6.07, 6.45) is 0.912. The number of hydrogen-bond donors (Lipinski definition) is 0. The normalized spacial score (nSPS) is 11.3. The average molecular weight is 262 g/mol. The highest BCUT2D eigenvalue weighted by molar-refractivity contribution is 7.92. The van der Waals surface area contributed by atoms with Gasteiger partial charge < -0.3 is 0 Å². The summed E-state index contributed by atoms with van der Waals surface area (Å²) in [5.41, 5.74) is -0.599. The van der Waals surface area contributed by atoms with Crippen LogP contribution in [0.1, 0.15) is 5.56 Å². The lowest BCUT2D eigenvalue weighted by atomic mass is 10.2. The van der Waals surface area contributed by atoms with E-state index in [4.69, 9.17) is 0 Å². The number of sulfonamides is 1. The molecule has 0 aliphatic rings. The van der Waals surface area contributed by atoms with E-state index in [1.807, 2.05) is 0 Å². The molecule has 8 heteroatoms. The van der Waals surface area contributed by atoms with Gasteiger partial charge in [-0.15, -0.1) is 0 Å². The maximum Gasteiger partial charge on any atom is 0.296 e. The topological polar surface area (TPSA) is 80.5 Å². The fraction of sp³-hybridized carbons (Fsp3) is 0.333. The lowest BCUT2D eigenvalue weighted by Gasteiger charge is -2.17. The molecular weight excluding hydrogens is 251 g/mol. The highest BCUT2D eigenvalue weighted by atomic mass is 32.2. The Bertz CT molecular complexity index is 571. The van der Waals surface area contributed by atoms with Crippen LogP contribution in [0.2, 0.25) is 0 Å². The minimum Gasteiger partial charge on any atom is -0.267 e. The molecule has 94 valence electrons. The van der Waals surface area contributed by atoms with Crippen molar-refractivity contribution in [1.82, 2.24) is 0 Å². The van der Waals surface area contributed by atoms with Crippen LogP contribution in [0.25, 0.3) is 0 Å². The second-order valence-electron chi connectivity index (χ2n) is 3.58. The lowest BCUT2D eigenvalue weighted by molar-refractivity contribution is -0.384. The Morgan fingerprint density at radius 3 is 2.35 bits per heavy atom.